The Kier molecular flexibility index (Phi) is 22.6. The fraction of sp³-hybridized carbons (Fsp3) is 0.429. The minimum atomic E-state index is -2.75. The molecule has 2 saturated carbocycles. The summed E-state index contributed by atoms with van der Waals surface area (Å²) in [4.78, 5) is 153. The molecule has 8 bridgehead atoms. The van der Waals surface area contributed by atoms with Crippen LogP contribution in [-0.4, -0.2) is 200 Å². The van der Waals surface area contributed by atoms with Crippen LogP contribution >= 0.6 is 0 Å². The first-order chi connectivity index (χ1) is 56.9. The number of ether oxygens (including phenoxy) is 1. The van der Waals surface area contributed by atoms with Crippen LogP contribution in [0.25, 0.3) is 0 Å². The highest BCUT2D eigenvalue weighted by Crippen LogP contribution is 2.53. The molecule has 118 heavy (non-hydrogen) atoms. The number of aliphatic hydroxyl groups excluding tert-OH is 1. The zero-order valence-corrected chi connectivity index (χ0v) is 65.2. The number of fused-ring (bicyclic) bond motifs is 16. The zero-order chi connectivity index (χ0) is 82.2. The molecule has 30 nitrogen and oxygen atoms in total. The lowest BCUT2D eigenvalue weighted by atomic mass is 9.87. The van der Waals surface area contributed by atoms with Crippen LogP contribution in [0.1, 0.15) is 146 Å². The molecule has 0 unspecified atom stereocenters. The SMILES string of the molecule is CC(C)(CO)CCC(=O)c1ccc2c(n1)N(C(=O)Nc1ccccn1)[C@H]1CCN2C1.O=C(CC[C@H]1CCCO1)c1ccc2c(n1)N(C(=O)Nc1ccccn1)[C@H]1CCN2C1.O=C(C[C@@H]1CC1(F)F)c1ccc2c(n1)N(C(=O)Nc1ccccn1)[C@H]1CCN2C1.O=C(C[C@@H]1CC1(F)F)c1ccc2c(n1)N(C(=O)Nc1ccccn1)[C@H]1CCN2C1. The van der Waals surface area contributed by atoms with Gasteiger partial charge < -0.3 is 29.4 Å². The first kappa shape index (κ1) is 79.6. The molecule has 34 heteroatoms. The number of anilines is 12. The smallest absolute Gasteiger partial charge is 0.329 e. The van der Waals surface area contributed by atoms with Gasteiger partial charge in [-0.2, -0.15) is 0 Å². The predicted molar refractivity (Wildman–Crippen MR) is 433 cm³/mol. The number of urea groups is 4. The summed E-state index contributed by atoms with van der Waals surface area (Å²) in [5, 5.41) is 20.7. The Morgan fingerprint density at radius 1 is 0.432 bits per heavy atom. The molecule has 7 fully saturated rings. The van der Waals surface area contributed by atoms with Gasteiger partial charge in [0, 0.05) is 141 Å². The van der Waals surface area contributed by atoms with Crippen LogP contribution in [0.15, 0.2) is 146 Å². The highest BCUT2D eigenvalue weighted by atomic mass is 19.3. The van der Waals surface area contributed by atoms with Gasteiger partial charge in [0.1, 0.15) is 46.0 Å². The first-order valence-electron chi connectivity index (χ1n) is 40.1. The largest absolute Gasteiger partial charge is 0.396 e. The molecular weight excluding hydrogens is 1530 g/mol. The number of hydrogen-bond acceptors (Lipinski definition) is 22. The molecule has 17 heterocycles. The van der Waals surface area contributed by atoms with Gasteiger partial charge in [0.05, 0.1) is 53.0 Å². The number of ketones is 4. The number of aliphatic hydroxyl groups is 1. The number of Topliss-reactive ketones (excluding diaryl/α,β-unsaturated/α-hetero) is 4. The number of amides is 8. The van der Waals surface area contributed by atoms with Crippen molar-refractivity contribution in [2.24, 2.45) is 17.3 Å². The van der Waals surface area contributed by atoms with E-state index in [1.807, 2.05) is 38.1 Å². The number of nitrogens with zero attached hydrogens (tertiary/aromatic N) is 16. The van der Waals surface area contributed by atoms with E-state index in [0.717, 1.165) is 114 Å². The molecule has 8 aromatic heterocycles. The maximum atomic E-state index is 13.2. The predicted octanol–water partition coefficient (Wildman–Crippen LogP) is 13.0. The van der Waals surface area contributed by atoms with Gasteiger partial charge in [0.2, 0.25) is 0 Å². The number of rotatable bonds is 19. The van der Waals surface area contributed by atoms with Crippen LogP contribution in [0.2, 0.25) is 0 Å². The van der Waals surface area contributed by atoms with E-state index in [4.69, 9.17) is 4.74 Å². The molecular formula is C84H90F4N20O10. The lowest BCUT2D eigenvalue weighted by Crippen LogP contribution is -2.48. The minimum absolute atomic E-state index is 0.00684. The van der Waals surface area contributed by atoms with Crippen LogP contribution in [0, 0.1) is 17.3 Å². The van der Waals surface area contributed by atoms with Gasteiger partial charge in [0.25, 0.3) is 11.8 Å². The van der Waals surface area contributed by atoms with Crippen LogP contribution in [0.5, 0.6) is 0 Å². The van der Waals surface area contributed by atoms with E-state index in [2.05, 4.69) is 80.7 Å². The summed E-state index contributed by atoms with van der Waals surface area (Å²) in [6, 6.07) is 33.7. The second kappa shape index (κ2) is 33.4. The van der Waals surface area contributed by atoms with Gasteiger partial charge in [0.15, 0.2) is 46.4 Å². The second-order valence-electron chi connectivity index (χ2n) is 32.2. The molecule has 19 rings (SSSR count). The third-order valence-corrected chi connectivity index (χ3v) is 23.4. The molecule has 8 amide bonds. The van der Waals surface area contributed by atoms with E-state index in [1.165, 1.54) is 0 Å². The topological polar surface area (TPSA) is 343 Å². The van der Waals surface area contributed by atoms with Crippen molar-refractivity contribution in [2.75, 3.05) is 126 Å². The maximum absolute atomic E-state index is 13.2. The van der Waals surface area contributed by atoms with Gasteiger partial charge in [-0.25, -0.2) is 76.6 Å². The van der Waals surface area contributed by atoms with Crippen molar-refractivity contribution < 1.29 is 65.8 Å². The van der Waals surface area contributed by atoms with Crippen molar-refractivity contribution in [3.05, 3.63) is 169 Å². The number of carbonyl (C=O) groups is 8. The summed E-state index contributed by atoms with van der Waals surface area (Å²) >= 11 is 0. The molecule has 0 aromatic carbocycles. The Bertz CT molecular complexity index is 4960. The molecule has 5 N–H and O–H groups in total. The fourth-order valence-corrected chi connectivity index (χ4v) is 16.5. The van der Waals surface area contributed by atoms with E-state index in [0.29, 0.717) is 90.3 Å². The Morgan fingerprint density at radius 3 is 1.01 bits per heavy atom. The standard InChI is InChI=1S/C22H25N5O3.C22H27N5O3.2C20H19F2N5O2/c28-19(9-6-16-4-3-13-30-16)17-7-8-18-21(24-17)27(15-10-12-26(18)14-15)22(29)25-20-5-1-2-11-23-20;1-22(2,14-28)10-8-18(29)16-6-7-17-20(24-16)27(15-9-12-26(17)13-15)21(30)25-19-5-3-4-11-23-19;2*21-20(22)10-12(20)9-16(28)14-4-5-15-18(24-14)27(13-6-8-26(15)11-13)19(29)25-17-3-1-2-7-23-17/h1-2,5,7-8,11,15-16H,3-4,6,9-10,12-14H2,(H,23,25,29);3-7,11,15,28H,8-10,12-14H2,1-2H3,(H,23,25,30);2*1-5,7,12-13H,6,8-11H2,(H,23,25,29)/t15-,16+;15-;2*12-,13+/m0011/s1. The highest BCUT2D eigenvalue weighted by Gasteiger charge is 2.58. The van der Waals surface area contributed by atoms with Gasteiger partial charge in [-0.3, -0.25) is 60.0 Å². The third-order valence-electron chi connectivity index (χ3n) is 23.4. The first-order valence-corrected chi connectivity index (χ1v) is 40.1. The van der Waals surface area contributed by atoms with E-state index >= 15 is 0 Å². The van der Waals surface area contributed by atoms with Crippen molar-refractivity contribution in [3.63, 3.8) is 0 Å². The Hall–Kier alpha value is -12.2. The summed E-state index contributed by atoms with van der Waals surface area (Å²) < 4.78 is 58.4. The quantitative estimate of drug-likeness (QED) is 0.0371. The molecule has 0 spiro atoms. The number of aromatic nitrogens is 8. The van der Waals surface area contributed by atoms with Gasteiger partial charge in [-0.15, -0.1) is 0 Å². The Labute approximate surface area is 677 Å². The summed E-state index contributed by atoms with van der Waals surface area (Å²) in [5.74, 6) is -4.59. The average Bonchev–Trinajstić information content (AvgIpc) is 1.02. The summed E-state index contributed by atoms with van der Waals surface area (Å²) in [6.07, 6.45) is 13.0. The van der Waals surface area contributed by atoms with Crippen LogP contribution in [-0.2, 0) is 4.74 Å². The molecule has 5 saturated heterocycles. The second-order valence-corrected chi connectivity index (χ2v) is 32.2. The molecule has 11 aliphatic rings. The number of alkyl halides is 4. The van der Waals surface area contributed by atoms with E-state index in [1.54, 1.807) is 141 Å². The highest BCUT2D eigenvalue weighted by molar-refractivity contribution is 6.09. The van der Waals surface area contributed by atoms with Crippen molar-refractivity contribution >= 4 is 117 Å². The zero-order valence-electron chi connectivity index (χ0n) is 65.2. The van der Waals surface area contributed by atoms with E-state index in [-0.39, 0.29) is 115 Å². The summed E-state index contributed by atoms with van der Waals surface area (Å²) in [7, 11) is 0. The molecule has 614 valence electrons. The van der Waals surface area contributed by atoms with Gasteiger partial charge in [-0.1, -0.05) is 38.1 Å². The monoisotopic (exact) mass is 1610 g/mol. The number of nitrogens with one attached hydrogen (secondary N) is 4. The maximum Gasteiger partial charge on any atom is 0.329 e. The molecule has 9 aliphatic heterocycles. The van der Waals surface area contributed by atoms with Crippen LogP contribution in [0.3, 0.4) is 0 Å². The minimum Gasteiger partial charge on any atom is -0.396 e. The van der Waals surface area contributed by atoms with Crippen molar-refractivity contribution in [3.8, 4) is 0 Å². The summed E-state index contributed by atoms with van der Waals surface area (Å²) in [5.41, 5.74) is 3.97. The number of pyridine rings is 8. The lowest BCUT2D eigenvalue weighted by molar-refractivity contribution is 0.0830. The van der Waals surface area contributed by atoms with Crippen molar-refractivity contribution in [1.29, 1.82) is 0 Å². The van der Waals surface area contributed by atoms with Crippen LogP contribution < -0.4 is 60.5 Å². The van der Waals surface area contributed by atoms with Crippen LogP contribution in [0.4, 0.5) is 106 Å². The van der Waals surface area contributed by atoms with E-state index in [9.17, 15) is 61.0 Å². The number of carbonyl (C=O) groups excluding carboxylic acids is 8. The molecule has 7 atom stereocenters. The average molecular weight is 1620 g/mol. The lowest BCUT2D eigenvalue weighted by Gasteiger charge is -2.35. The molecule has 8 aromatic rings. The molecule has 0 radical (unpaired) electrons. The third kappa shape index (κ3) is 17.4. The fourth-order valence-electron chi connectivity index (χ4n) is 16.5. The normalized spacial score (nSPS) is 21.7. The van der Waals surface area contributed by atoms with Gasteiger partial charge >= 0.3 is 24.1 Å². The summed E-state index contributed by atoms with van der Waals surface area (Å²) in [6.45, 7) is 10.9. The van der Waals surface area contributed by atoms with Crippen molar-refractivity contribution in [2.45, 2.75) is 146 Å². The van der Waals surface area contributed by atoms with Gasteiger partial charge in [-0.05, 0) is 154 Å². The Balaban J connectivity index is 0.000000118. The number of hydrogen-bond donors (Lipinski definition) is 5. The van der Waals surface area contributed by atoms with Crippen molar-refractivity contribution in [1.82, 2.24) is 39.9 Å². The Morgan fingerprint density at radius 2 is 0.737 bits per heavy atom. The number of halogens is 4. The van der Waals surface area contributed by atoms with E-state index < -0.39 is 35.2 Å². The molecule has 2 aliphatic carbocycles.